The van der Waals surface area contributed by atoms with Gasteiger partial charge in [-0.25, -0.2) is 0 Å². The van der Waals surface area contributed by atoms with Crippen LogP contribution in [0.4, 0.5) is 11.4 Å². The molecule has 2 aromatic carbocycles. The van der Waals surface area contributed by atoms with Gasteiger partial charge in [-0.3, -0.25) is 4.79 Å². The summed E-state index contributed by atoms with van der Waals surface area (Å²) in [6.07, 6.45) is 2.52. The van der Waals surface area contributed by atoms with Crippen molar-refractivity contribution in [3.63, 3.8) is 0 Å². The summed E-state index contributed by atoms with van der Waals surface area (Å²) in [6.45, 7) is 0.818. The van der Waals surface area contributed by atoms with Crippen LogP contribution in [0, 0.1) is 11.3 Å². The van der Waals surface area contributed by atoms with Crippen molar-refractivity contribution in [2.45, 2.75) is 11.3 Å². The van der Waals surface area contributed by atoms with Crippen LogP contribution < -0.4 is 15.6 Å². The molecule has 0 unspecified atom stereocenters. The van der Waals surface area contributed by atoms with Crippen molar-refractivity contribution in [2.24, 2.45) is 0 Å². The third-order valence-corrected chi connectivity index (χ3v) is 5.36. The van der Waals surface area contributed by atoms with Crippen molar-refractivity contribution in [3.05, 3.63) is 64.1 Å². The van der Waals surface area contributed by atoms with E-state index in [1.54, 1.807) is 24.2 Å². The van der Waals surface area contributed by atoms with Crippen molar-refractivity contribution in [3.8, 4) is 6.07 Å². The van der Waals surface area contributed by atoms with Gasteiger partial charge in [0.2, 0.25) is 0 Å². The molecule has 0 atom stereocenters. The minimum absolute atomic E-state index is 0.0900. The number of nitriles is 1. The first kappa shape index (κ1) is 14.7. The highest BCUT2D eigenvalue weighted by atomic mass is 32.2. The van der Waals surface area contributed by atoms with E-state index in [0.717, 1.165) is 34.5 Å². The Morgan fingerprint density at radius 3 is 2.96 bits per heavy atom. The van der Waals surface area contributed by atoms with E-state index in [0.29, 0.717) is 16.6 Å². The lowest BCUT2D eigenvalue weighted by Gasteiger charge is -2.19. The third-order valence-electron chi connectivity index (χ3n) is 4.21. The van der Waals surface area contributed by atoms with Crippen molar-refractivity contribution in [2.75, 3.05) is 16.6 Å². The van der Waals surface area contributed by atoms with E-state index in [1.165, 1.54) is 0 Å². The minimum Gasteiger partial charge on any atom is -0.398 e. The summed E-state index contributed by atoms with van der Waals surface area (Å²) >= 11 is 1.58. The van der Waals surface area contributed by atoms with Crippen LogP contribution in [-0.4, -0.2) is 11.5 Å². The number of nitrogens with zero attached hydrogens (tertiary/aromatic N) is 2. The van der Waals surface area contributed by atoms with Crippen molar-refractivity contribution in [1.29, 1.82) is 5.26 Å². The molecule has 0 fully saturated rings. The number of nitrogen functional groups attached to an aromatic ring is 1. The Morgan fingerprint density at radius 2 is 2.12 bits per heavy atom. The van der Waals surface area contributed by atoms with Gasteiger partial charge in [0, 0.05) is 39.7 Å². The van der Waals surface area contributed by atoms with Gasteiger partial charge in [0.1, 0.15) is 0 Å². The minimum atomic E-state index is -0.0900. The van der Waals surface area contributed by atoms with E-state index < -0.39 is 0 Å². The number of nitrogens with one attached hydrogen (secondary N) is 1. The number of aromatic nitrogens is 1. The van der Waals surface area contributed by atoms with E-state index in [1.807, 2.05) is 30.3 Å². The van der Waals surface area contributed by atoms with Gasteiger partial charge in [0.05, 0.1) is 17.3 Å². The molecule has 0 amide bonds. The summed E-state index contributed by atoms with van der Waals surface area (Å²) in [7, 11) is 0. The molecule has 24 heavy (non-hydrogen) atoms. The molecule has 1 aromatic heterocycles. The number of rotatable bonds is 2. The van der Waals surface area contributed by atoms with Crippen LogP contribution in [0.25, 0.3) is 10.8 Å². The number of fused-ring (bicyclic) bond motifs is 2. The van der Waals surface area contributed by atoms with E-state index in [2.05, 4.69) is 15.4 Å². The van der Waals surface area contributed by atoms with Gasteiger partial charge in [-0.1, -0.05) is 6.07 Å². The monoisotopic (exact) mass is 334 g/mol. The van der Waals surface area contributed by atoms with Crippen molar-refractivity contribution in [1.82, 2.24) is 4.98 Å². The van der Waals surface area contributed by atoms with Crippen LogP contribution in [0.3, 0.4) is 0 Å². The third kappa shape index (κ3) is 2.30. The molecule has 2 heterocycles. The fourth-order valence-electron chi connectivity index (χ4n) is 3.06. The predicted molar refractivity (Wildman–Crippen MR) is 97.0 cm³/mol. The van der Waals surface area contributed by atoms with Crippen LogP contribution in [0.15, 0.2) is 52.3 Å². The molecule has 0 radical (unpaired) electrons. The maximum absolute atomic E-state index is 12.0. The van der Waals surface area contributed by atoms with Crippen LogP contribution in [-0.2, 0) is 6.42 Å². The Balaban J connectivity index is 1.78. The Bertz CT molecular complexity index is 1050. The van der Waals surface area contributed by atoms with Crippen molar-refractivity contribution >= 4 is 34.1 Å². The van der Waals surface area contributed by atoms with Gasteiger partial charge in [0.15, 0.2) is 0 Å². The fourth-order valence-corrected chi connectivity index (χ4v) is 4.15. The number of H-pyrrole nitrogens is 1. The molecule has 1 aliphatic rings. The molecular formula is C18H14N4OS. The number of aromatic amines is 1. The first-order chi connectivity index (χ1) is 11.7. The maximum Gasteiger partial charge on any atom is 0.255 e. The molecular weight excluding hydrogens is 320 g/mol. The highest BCUT2D eigenvalue weighted by Crippen LogP contribution is 2.41. The Kier molecular flexibility index (Phi) is 3.44. The maximum atomic E-state index is 12.0. The van der Waals surface area contributed by atoms with Crippen LogP contribution >= 0.6 is 11.9 Å². The zero-order chi connectivity index (χ0) is 16.7. The first-order valence-electron chi connectivity index (χ1n) is 7.56. The fraction of sp³-hybridized carbons (Fsp3) is 0.111. The van der Waals surface area contributed by atoms with Gasteiger partial charge in [-0.15, -0.1) is 0 Å². The molecule has 0 spiro atoms. The standard InChI is InChI=1S/C18H14N4OS/c19-10-11-8-15(20)14-5-7-22(16(14)9-11)24-17-3-1-2-13-12(17)4-6-21-18(13)23/h1-4,6,8-9H,5,7,20H2,(H,21,23). The number of anilines is 2. The number of pyridine rings is 1. The number of hydrogen-bond acceptors (Lipinski definition) is 5. The molecule has 5 nitrogen and oxygen atoms in total. The van der Waals surface area contributed by atoms with Gasteiger partial charge in [0.25, 0.3) is 5.56 Å². The quantitative estimate of drug-likeness (QED) is 0.556. The molecule has 1 aliphatic heterocycles. The lowest BCUT2D eigenvalue weighted by atomic mass is 10.1. The SMILES string of the molecule is N#Cc1cc(N)c2c(c1)N(Sc1cccc3c(=O)[nH]ccc13)CC2. The largest absolute Gasteiger partial charge is 0.398 e. The Morgan fingerprint density at radius 1 is 1.25 bits per heavy atom. The summed E-state index contributed by atoms with van der Waals surface area (Å²) in [5.74, 6) is 0. The summed E-state index contributed by atoms with van der Waals surface area (Å²) in [4.78, 5) is 15.7. The summed E-state index contributed by atoms with van der Waals surface area (Å²) < 4.78 is 2.14. The first-order valence-corrected chi connectivity index (χ1v) is 8.33. The second-order valence-corrected chi connectivity index (χ2v) is 6.71. The Hall–Kier alpha value is -2.91. The molecule has 0 aliphatic carbocycles. The second-order valence-electron chi connectivity index (χ2n) is 5.64. The molecule has 0 saturated carbocycles. The average Bonchev–Trinajstić information content (AvgIpc) is 2.99. The van der Waals surface area contributed by atoms with E-state index >= 15 is 0 Å². The summed E-state index contributed by atoms with van der Waals surface area (Å²) in [5, 5.41) is 10.8. The predicted octanol–water partition coefficient (Wildman–Crippen LogP) is 3.05. The molecule has 3 aromatic rings. The zero-order valence-electron chi connectivity index (χ0n) is 12.7. The molecule has 0 saturated heterocycles. The highest BCUT2D eigenvalue weighted by molar-refractivity contribution is 8.00. The summed E-state index contributed by atoms with van der Waals surface area (Å²) in [6, 6.07) is 13.4. The van der Waals surface area contributed by atoms with Gasteiger partial charge in [-0.05, 0) is 48.7 Å². The van der Waals surface area contributed by atoms with E-state index in [4.69, 9.17) is 5.73 Å². The lowest BCUT2D eigenvalue weighted by Crippen LogP contribution is -2.11. The van der Waals surface area contributed by atoms with E-state index in [-0.39, 0.29) is 5.56 Å². The average molecular weight is 334 g/mol. The molecule has 6 heteroatoms. The number of nitrogens with two attached hydrogens (primary N) is 1. The second kappa shape index (κ2) is 5.62. The van der Waals surface area contributed by atoms with Gasteiger partial charge >= 0.3 is 0 Å². The molecule has 0 bridgehead atoms. The topological polar surface area (TPSA) is 85.9 Å². The van der Waals surface area contributed by atoms with Gasteiger partial charge < -0.3 is 15.0 Å². The zero-order valence-corrected chi connectivity index (χ0v) is 13.6. The highest BCUT2D eigenvalue weighted by Gasteiger charge is 2.23. The summed E-state index contributed by atoms with van der Waals surface area (Å²) in [5.41, 5.74) is 9.29. The molecule has 118 valence electrons. The van der Waals surface area contributed by atoms with Crippen molar-refractivity contribution < 1.29 is 0 Å². The number of benzene rings is 2. The molecule has 3 N–H and O–H groups in total. The van der Waals surface area contributed by atoms with E-state index in [9.17, 15) is 10.1 Å². The lowest BCUT2D eigenvalue weighted by molar-refractivity contribution is 1.05. The Labute approximate surface area is 142 Å². The normalized spacial score (nSPS) is 13.0. The van der Waals surface area contributed by atoms with Gasteiger partial charge in [-0.2, -0.15) is 5.26 Å². The number of hydrogen-bond donors (Lipinski definition) is 2. The smallest absolute Gasteiger partial charge is 0.255 e. The van der Waals surface area contributed by atoms with Crippen LogP contribution in [0.1, 0.15) is 11.1 Å². The molecule has 4 rings (SSSR count). The van der Waals surface area contributed by atoms with Crippen LogP contribution in [0.2, 0.25) is 0 Å². The van der Waals surface area contributed by atoms with Crippen LogP contribution in [0.5, 0.6) is 0 Å².